The van der Waals surface area contributed by atoms with Gasteiger partial charge in [0.2, 0.25) is 0 Å². The molecular weight excluding hydrogens is 95.0 g/mol. The first-order chi connectivity index (χ1) is 2.77. The molecule has 0 aromatic heterocycles. The molecule has 1 atom stereocenters. The van der Waals surface area contributed by atoms with Gasteiger partial charge in [-0.25, -0.2) is 0 Å². The number of rotatable bonds is 2. The molecule has 0 aromatic rings. The van der Waals surface area contributed by atoms with E-state index in [-0.39, 0.29) is 5.52 Å². The first-order valence-corrected chi connectivity index (χ1v) is 2.73. The van der Waals surface area contributed by atoms with E-state index >= 15 is 0 Å². The van der Waals surface area contributed by atoms with Crippen molar-refractivity contribution in [1.29, 1.82) is 0 Å². The molecule has 0 radical (unpaired) electrons. The second-order valence-corrected chi connectivity index (χ2v) is 2.31. The molecule has 0 rings (SSSR count). The lowest BCUT2D eigenvalue weighted by Gasteiger charge is -1.75. The average molecular weight is 102 g/mol. The van der Waals surface area contributed by atoms with Crippen LogP contribution >= 0.6 is 8.58 Å². The van der Waals surface area contributed by atoms with Crippen LogP contribution in [0.15, 0.2) is 12.4 Å². The largest absolute Gasteiger partial charge is 0.295 e. The van der Waals surface area contributed by atoms with Crippen LogP contribution in [0.4, 0.5) is 0 Å². The number of hydrogen-bond donors (Lipinski definition) is 0. The van der Waals surface area contributed by atoms with Crippen LogP contribution in [0.2, 0.25) is 0 Å². The van der Waals surface area contributed by atoms with Gasteiger partial charge in [0.05, 0.1) is 0 Å². The van der Waals surface area contributed by atoms with Gasteiger partial charge in [0.15, 0.2) is 5.52 Å². The maximum atomic E-state index is 9.98. The highest BCUT2D eigenvalue weighted by molar-refractivity contribution is 7.60. The molecule has 1 unspecified atom stereocenters. The normalized spacial score (nSPS) is 9.50. The van der Waals surface area contributed by atoms with Crippen molar-refractivity contribution < 1.29 is 4.79 Å². The smallest absolute Gasteiger partial charge is 0.152 e. The molecule has 0 heterocycles. The van der Waals surface area contributed by atoms with Gasteiger partial charge in [-0.3, -0.25) is 4.79 Å². The van der Waals surface area contributed by atoms with Crippen molar-refractivity contribution in [2.24, 2.45) is 0 Å². The van der Waals surface area contributed by atoms with Crippen LogP contribution in [-0.4, -0.2) is 5.52 Å². The summed E-state index contributed by atoms with van der Waals surface area (Å²) >= 11 is 0. The second kappa shape index (κ2) is 3.05. The zero-order valence-corrected chi connectivity index (χ0v) is 4.69. The van der Waals surface area contributed by atoms with Crippen molar-refractivity contribution in [1.82, 2.24) is 0 Å². The second-order valence-electron chi connectivity index (χ2n) is 0.905. The van der Waals surface area contributed by atoms with E-state index in [1.165, 1.54) is 0 Å². The van der Waals surface area contributed by atoms with Crippen molar-refractivity contribution in [3.05, 3.63) is 12.4 Å². The number of carbonyl (C=O) groups excluding carboxylic acids is 1. The highest BCUT2D eigenvalue weighted by Crippen LogP contribution is 2.08. The van der Waals surface area contributed by atoms with Gasteiger partial charge in [-0.05, 0) is 15.5 Å². The minimum Gasteiger partial charge on any atom is -0.295 e. The summed E-state index contributed by atoms with van der Waals surface area (Å²) in [5.41, 5.74) is 0.199. The molecule has 0 fully saturated rings. The van der Waals surface area contributed by atoms with Crippen LogP contribution in [0.25, 0.3) is 0 Å². The van der Waals surface area contributed by atoms with E-state index in [2.05, 4.69) is 6.58 Å². The fourth-order valence-corrected chi connectivity index (χ4v) is 0.431. The lowest BCUT2D eigenvalue weighted by Crippen LogP contribution is -1.68. The monoisotopic (exact) mass is 102 g/mol. The first-order valence-electron chi connectivity index (χ1n) is 1.65. The Balaban J connectivity index is 3.05. The fourth-order valence-electron chi connectivity index (χ4n) is 0.144. The lowest BCUT2D eigenvalue weighted by atomic mass is 10.9. The summed E-state index contributed by atoms with van der Waals surface area (Å²) in [6.07, 6.45) is 0. The number of hydrogen-bond acceptors (Lipinski definition) is 1. The Bertz CT molecular complexity index is 67.9. The molecule has 0 bridgehead atoms. The molecule has 0 aromatic carbocycles. The van der Waals surface area contributed by atoms with Gasteiger partial charge in [0, 0.05) is 0 Å². The van der Waals surface area contributed by atoms with E-state index in [1.54, 1.807) is 12.7 Å². The molecule has 0 amide bonds. The summed E-state index contributed by atoms with van der Waals surface area (Å²) in [4.78, 5) is 9.98. The van der Waals surface area contributed by atoms with Gasteiger partial charge < -0.3 is 0 Å². The van der Waals surface area contributed by atoms with Gasteiger partial charge in [-0.2, -0.15) is 0 Å². The Kier molecular flexibility index (Phi) is 2.97. The molecule has 0 N–H and O–H groups in total. The van der Waals surface area contributed by atoms with Gasteiger partial charge in [0.25, 0.3) is 0 Å². The van der Waals surface area contributed by atoms with Crippen LogP contribution in [0.5, 0.6) is 0 Å². The van der Waals surface area contributed by atoms with Gasteiger partial charge in [0.1, 0.15) is 0 Å². The molecule has 1 nitrogen and oxygen atoms in total. The zero-order valence-electron chi connectivity index (χ0n) is 3.69. The summed E-state index contributed by atoms with van der Waals surface area (Å²) in [6.45, 7) is 4.95. The van der Waals surface area contributed by atoms with Crippen LogP contribution in [0, 0.1) is 0 Å². The van der Waals surface area contributed by atoms with E-state index in [1.807, 2.05) is 0 Å². The molecule has 34 valence electrons. The Morgan fingerprint density at radius 2 is 2.50 bits per heavy atom. The number of carbonyl (C=O) groups is 1. The topological polar surface area (TPSA) is 17.1 Å². The van der Waals surface area contributed by atoms with Crippen LogP contribution in [0.3, 0.4) is 0 Å². The van der Waals surface area contributed by atoms with Crippen molar-refractivity contribution in [2.75, 3.05) is 0 Å². The maximum absolute atomic E-state index is 9.98. The van der Waals surface area contributed by atoms with E-state index in [0.29, 0.717) is 8.58 Å². The van der Waals surface area contributed by atoms with Crippen LogP contribution in [0.1, 0.15) is 6.92 Å². The predicted molar refractivity (Wildman–Crippen MR) is 29.2 cm³/mol. The summed E-state index contributed by atoms with van der Waals surface area (Å²) in [5, 5.41) is 0. The van der Waals surface area contributed by atoms with Gasteiger partial charge >= 0.3 is 0 Å². The highest BCUT2D eigenvalue weighted by atomic mass is 31.1. The fraction of sp³-hybridized carbons (Fsp3) is 0.250. The minimum absolute atomic E-state index is 0.199. The molecule has 0 aliphatic carbocycles. The average Bonchev–Trinajstić information content (AvgIpc) is 1.35. The summed E-state index contributed by atoms with van der Waals surface area (Å²) < 4.78 is 0. The Labute approximate surface area is 39.2 Å². The highest BCUT2D eigenvalue weighted by Gasteiger charge is 1.79. The molecule has 2 heteroatoms. The third-order valence-electron chi connectivity index (χ3n) is 0.305. The molecule has 0 aliphatic rings. The maximum Gasteiger partial charge on any atom is 0.152 e. The quantitative estimate of drug-likeness (QED) is 0.481. The SMILES string of the molecule is C=CPC(C)=O. The Morgan fingerprint density at radius 1 is 2.00 bits per heavy atom. The first kappa shape index (κ1) is 5.84. The van der Waals surface area contributed by atoms with Crippen molar-refractivity contribution in [2.45, 2.75) is 6.92 Å². The Morgan fingerprint density at radius 3 is 2.50 bits per heavy atom. The third-order valence-corrected chi connectivity index (χ3v) is 0.916. The summed E-state index contributed by atoms with van der Waals surface area (Å²) in [7, 11) is 0.296. The van der Waals surface area contributed by atoms with Crippen LogP contribution in [-0.2, 0) is 4.79 Å². The predicted octanol–water partition coefficient (Wildman–Crippen LogP) is 1.35. The molecule has 0 aliphatic heterocycles. The molecule has 0 saturated heterocycles. The molecule has 0 spiro atoms. The van der Waals surface area contributed by atoms with Crippen molar-refractivity contribution >= 4 is 14.1 Å². The van der Waals surface area contributed by atoms with Crippen molar-refractivity contribution in [3.8, 4) is 0 Å². The van der Waals surface area contributed by atoms with E-state index < -0.39 is 0 Å². The summed E-state index contributed by atoms with van der Waals surface area (Å²) in [6, 6.07) is 0. The van der Waals surface area contributed by atoms with E-state index in [0.717, 1.165) is 0 Å². The van der Waals surface area contributed by atoms with E-state index in [4.69, 9.17) is 0 Å². The zero-order chi connectivity index (χ0) is 4.99. The Hall–Kier alpha value is -0.160. The standard InChI is InChI=1S/C4H7OP/c1-3-6-4(2)5/h3,6H,1H2,2H3. The summed E-state index contributed by atoms with van der Waals surface area (Å²) in [5.74, 6) is 1.63. The van der Waals surface area contributed by atoms with Gasteiger partial charge in [-0.15, -0.1) is 0 Å². The molecule has 0 saturated carbocycles. The van der Waals surface area contributed by atoms with Crippen LogP contribution < -0.4 is 0 Å². The van der Waals surface area contributed by atoms with Crippen molar-refractivity contribution in [3.63, 3.8) is 0 Å². The minimum atomic E-state index is 0.199. The third kappa shape index (κ3) is 3.84. The molecular formula is C4H7OP. The van der Waals surface area contributed by atoms with Gasteiger partial charge in [-0.1, -0.05) is 12.4 Å². The lowest BCUT2D eigenvalue weighted by molar-refractivity contribution is -0.109. The molecule has 6 heavy (non-hydrogen) atoms. The van der Waals surface area contributed by atoms with E-state index in [9.17, 15) is 4.79 Å².